The van der Waals surface area contributed by atoms with Crippen molar-refractivity contribution in [3.8, 4) is 23.0 Å². The van der Waals surface area contributed by atoms with E-state index in [4.69, 9.17) is 23.4 Å². The minimum atomic E-state index is -1.08. The molecule has 2 heterocycles. The Labute approximate surface area is 201 Å². The molecule has 5 rings (SSSR count). The molecule has 0 radical (unpaired) electrons. The lowest BCUT2D eigenvalue weighted by Gasteiger charge is -2.22. The summed E-state index contributed by atoms with van der Waals surface area (Å²) in [6.45, 7) is 0. The van der Waals surface area contributed by atoms with Gasteiger partial charge in [0, 0.05) is 17.3 Å². The third kappa shape index (κ3) is 3.82. The fraction of sp³-hybridized carbons (Fsp3) is 0.185. The minimum Gasteiger partial charge on any atom is -0.496 e. The first kappa shape index (κ1) is 22.3. The molecule has 0 unspecified atom stereocenters. The maximum Gasteiger partial charge on any atom is 0.344 e. The van der Waals surface area contributed by atoms with Crippen molar-refractivity contribution >= 4 is 22.6 Å². The third-order valence-corrected chi connectivity index (χ3v) is 6.03. The van der Waals surface area contributed by atoms with Crippen LogP contribution in [0.1, 0.15) is 17.0 Å². The Bertz CT molecular complexity index is 1460. The first-order chi connectivity index (χ1) is 17.0. The number of nitrogens with one attached hydrogen (secondary N) is 1. The third-order valence-electron chi connectivity index (χ3n) is 6.03. The van der Waals surface area contributed by atoms with Crippen LogP contribution in [0.25, 0.3) is 11.0 Å². The monoisotopic (exact) mass is 473 g/mol. The van der Waals surface area contributed by atoms with E-state index >= 15 is 0 Å². The predicted molar refractivity (Wildman–Crippen MR) is 130 cm³/mol. The molecule has 8 nitrogen and oxygen atoms in total. The number of benzene rings is 3. The quantitative estimate of drug-likeness (QED) is 0.416. The molecule has 0 saturated heterocycles. The summed E-state index contributed by atoms with van der Waals surface area (Å²) in [5.41, 5.74) is 1.16. The SMILES string of the molecule is COc1cc(OC)c([C@H]2c3c(c4ccccc4oc3=O)O[C@@H]2C(=O)Nc2ccccc2)cc1OC. The number of carbonyl (C=O) groups is 1. The molecule has 1 N–H and O–H groups in total. The summed E-state index contributed by atoms with van der Waals surface area (Å²) < 4.78 is 28.4. The van der Waals surface area contributed by atoms with Crippen molar-refractivity contribution < 1.29 is 28.2 Å². The number of methoxy groups -OCH3 is 3. The van der Waals surface area contributed by atoms with E-state index in [1.165, 1.54) is 21.3 Å². The number of carbonyl (C=O) groups excluding carboxylic acids is 1. The summed E-state index contributed by atoms with van der Waals surface area (Å²) in [6.07, 6.45) is -1.08. The van der Waals surface area contributed by atoms with Gasteiger partial charge in [-0.2, -0.15) is 0 Å². The highest BCUT2D eigenvalue weighted by molar-refractivity contribution is 5.97. The lowest BCUT2D eigenvalue weighted by Crippen LogP contribution is -2.35. The Kier molecular flexibility index (Phi) is 5.78. The van der Waals surface area contributed by atoms with E-state index in [0.29, 0.717) is 45.2 Å². The molecule has 3 aromatic carbocycles. The highest BCUT2D eigenvalue weighted by atomic mass is 16.5. The van der Waals surface area contributed by atoms with Crippen molar-refractivity contribution in [2.24, 2.45) is 0 Å². The van der Waals surface area contributed by atoms with Crippen molar-refractivity contribution in [1.29, 1.82) is 0 Å². The number of fused-ring (bicyclic) bond motifs is 3. The molecule has 0 saturated carbocycles. The topological polar surface area (TPSA) is 96.2 Å². The highest BCUT2D eigenvalue weighted by Gasteiger charge is 2.45. The van der Waals surface area contributed by atoms with Crippen LogP contribution in [0.4, 0.5) is 5.69 Å². The molecule has 35 heavy (non-hydrogen) atoms. The molecule has 0 fully saturated rings. The average molecular weight is 473 g/mol. The molecular weight excluding hydrogens is 450 g/mol. The van der Waals surface area contributed by atoms with Gasteiger partial charge in [0.2, 0.25) is 0 Å². The number of anilines is 1. The molecule has 1 aliphatic heterocycles. The smallest absolute Gasteiger partial charge is 0.344 e. The number of hydrogen-bond acceptors (Lipinski definition) is 7. The maximum absolute atomic E-state index is 13.5. The first-order valence-corrected chi connectivity index (χ1v) is 10.9. The second kappa shape index (κ2) is 9.06. The molecule has 0 bridgehead atoms. The number of rotatable bonds is 6. The van der Waals surface area contributed by atoms with Crippen LogP contribution in [0.15, 0.2) is 75.9 Å². The summed E-state index contributed by atoms with van der Waals surface area (Å²) in [4.78, 5) is 26.8. The van der Waals surface area contributed by atoms with Gasteiger partial charge >= 0.3 is 5.63 Å². The Morgan fingerprint density at radius 1 is 0.857 bits per heavy atom. The molecule has 4 aromatic rings. The lowest BCUT2D eigenvalue weighted by molar-refractivity contribution is -0.122. The second-order valence-electron chi connectivity index (χ2n) is 7.95. The summed E-state index contributed by atoms with van der Waals surface area (Å²) in [6, 6.07) is 19.4. The van der Waals surface area contributed by atoms with Crippen molar-refractivity contribution in [3.63, 3.8) is 0 Å². The Morgan fingerprint density at radius 3 is 2.23 bits per heavy atom. The second-order valence-corrected chi connectivity index (χ2v) is 7.95. The van der Waals surface area contributed by atoms with Gasteiger partial charge in [-0.1, -0.05) is 30.3 Å². The highest BCUT2D eigenvalue weighted by Crippen LogP contribution is 2.49. The van der Waals surface area contributed by atoms with E-state index in [-0.39, 0.29) is 5.56 Å². The van der Waals surface area contributed by atoms with Gasteiger partial charge in [-0.25, -0.2) is 4.79 Å². The van der Waals surface area contributed by atoms with Crippen LogP contribution in [0.3, 0.4) is 0 Å². The molecule has 8 heteroatoms. The van der Waals surface area contributed by atoms with E-state index in [1.54, 1.807) is 42.5 Å². The molecule has 1 aromatic heterocycles. The van der Waals surface area contributed by atoms with Gasteiger partial charge in [0.1, 0.15) is 17.1 Å². The predicted octanol–water partition coefficient (Wildman–Crippen LogP) is 4.35. The fourth-order valence-corrected chi connectivity index (χ4v) is 4.43. The number of amides is 1. The summed E-state index contributed by atoms with van der Waals surface area (Å²) >= 11 is 0. The van der Waals surface area contributed by atoms with Gasteiger partial charge in [0.25, 0.3) is 5.91 Å². The zero-order valence-corrected chi connectivity index (χ0v) is 19.4. The van der Waals surface area contributed by atoms with Crippen molar-refractivity contribution in [2.75, 3.05) is 26.6 Å². The van der Waals surface area contributed by atoms with Gasteiger partial charge in [-0.05, 0) is 30.3 Å². The van der Waals surface area contributed by atoms with Crippen LogP contribution in [-0.2, 0) is 4.79 Å². The Morgan fingerprint density at radius 2 is 1.51 bits per heavy atom. The van der Waals surface area contributed by atoms with Crippen LogP contribution in [-0.4, -0.2) is 33.3 Å². The van der Waals surface area contributed by atoms with E-state index in [1.807, 2.05) is 24.3 Å². The van der Waals surface area contributed by atoms with E-state index in [9.17, 15) is 9.59 Å². The minimum absolute atomic E-state index is 0.238. The molecular formula is C27H23NO7. The van der Waals surface area contributed by atoms with Gasteiger partial charge in [0.15, 0.2) is 17.6 Å². The van der Waals surface area contributed by atoms with Crippen LogP contribution in [0.2, 0.25) is 0 Å². The molecule has 0 spiro atoms. The fourth-order valence-electron chi connectivity index (χ4n) is 4.43. The summed E-state index contributed by atoms with van der Waals surface area (Å²) in [7, 11) is 4.53. The van der Waals surface area contributed by atoms with E-state index in [0.717, 1.165) is 0 Å². The van der Waals surface area contributed by atoms with Gasteiger partial charge in [-0.3, -0.25) is 4.79 Å². The lowest BCUT2D eigenvalue weighted by atomic mass is 9.87. The standard InChI is InChI=1S/C27H23NO7/c1-31-19-14-21(33-3)20(32-2)13-17(19)22-23-24(16-11-7-8-12-18(16)34-27(23)30)35-25(22)26(29)28-15-9-5-4-6-10-15/h4-14,22,25H,1-3H3,(H,28,29)/t22-,25-/m0/s1. The number of hydrogen-bond donors (Lipinski definition) is 1. The molecule has 0 aliphatic carbocycles. The van der Waals surface area contributed by atoms with Crippen LogP contribution in [0, 0.1) is 0 Å². The van der Waals surface area contributed by atoms with Crippen molar-refractivity contribution in [2.45, 2.75) is 12.0 Å². The number of para-hydroxylation sites is 2. The zero-order valence-electron chi connectivity index (χ0n) is 19.4. The normalized spacial score (nSPS) is 16.3. The van der Waals surface area contributed by atoms with Gasteiger partial charge in [0.05, 0.1) is 38.2 Å². The Balaban J connectivity index is 1.72. The zero-order chi connectivity index (χ0) is 24.5. The first-order valence-electron chi connectivity index (χ1n) is 10.9. The summed E-state index contributed by atoms with van der Waals surface area (Å²) in [5.74, 6) is 0.343. The maximum atomic E-state index is 13.5. The van der Waals surface area contributed by atoms with E-state index in [2.05, 4.69) is 5.32 Å². The molecule has 1 aliphatic rings. The van der Waals surface area contributed by atoms with Gasteiger partial charge < -0.3 is 28.7 Å². The largest absolute Gasteiger partial charge is 0.496 e. The van der Waals surface area contributed by atoms with Crippen LogP contribution < -0.4 is 29.9 Å². The van der Waals surface area contributed by atoms with Crippen molar-refractivity contribution in [1.82, 2.24) is 0 Å². The van der Waals surface area contributed by atoms with Gasteiger partial charge in [-0.15, -0.1) is 0 Å². The molecule has 1 amide bonds. The van der Waals surface area contributed by atoms with E-state index < -0.39 is 23.6 Å². The van der Waals surface area contributed by atoms with Crippen LogP contribution in [0.5, 0.6) is 23.0 Å². The Hall–Kier alpha value is -4.46. The van der Waals surface area contributed by atoms with Crippen molar-refractivity contribution in [3.05, 3.63) is 88.3 Å². The molecule has 178 valence electrons. The summed E-state index contributed by atoms with van der Waals surface area (Å²) in [5, 5.41) is 3.48. The average Bonchev–Trinajstić information content (AvgIpc) is 3.30. The van der Waals surface area contributed by atoms with Crippen LogP contribution >= 0.6 is 0 Å². The molecule has 2 atom stereocenters. The number of ether oxygens (including phenoxy) is 4.